The molecule has 148 valence electrons. The molecule has 28 heavy (non-hydrogen) atoms. The first-order chi connectivity index (χ1) is 13.8. The van der Waals surface area contributed by atoms with Crippen molar-refractivity contribution >= 4 is 11.2 Å². The lowest BCUT2D eigenvalue weighted by molar-refractivity contribution is 0.187. The summed E-state index contributed by atoms with van der Waals surface area (Å²) in [5, 5.41) is 0. The smallest absolute Gasteiger partial charge is 0.330 e. The molecule has 1 fully saturated rings. The van der Waals surface area contributed by atoms with Gasteiger partial charge in [-0.15, -0.1) is 0 Å². The van der Waals surface area contributed by atoms with E-state index in [1.165, 1.54) is 5.56 Å². The fraction of sp³-hybridized carbons (Fsp3) is 0.455. The van der Waals surface area contributed by atoms with Gasteiger partial charge in [-0.25, -0.2) is 9.78 Å². The van der Waals surface area contributed by atoms with E-state index in [4.69, 9.17) is 4.74 Å². The van der Waals surface area contributed by atoms with Crippen LogP contribution >= 0.6 is 0 Å². The fourth-order valence-electron chi connectivity index (χ4n) is 4.21. The summed E-state index contributed by atoms with van der Waals surface area (Å²) in [5.74, 6) is 0. The molecule has 3 heterocycles. The molecule has 1 aliphatic heterocycles. The highest BCUT2D eigenvalue weighted by atomic mass is 16.5. The molecule has 1 saturated heterocycles. The molecule has 0 radical (unpaired) electrons. The van der Waals surface area contributed by atoms with Crippen LogP contribution in [0, 0.1) is 0 Å². The van der Waals surface area contributed by atoms with Crippen LogP contribution in [0.25, 0.3) is 11.2 Å². The SMILES string of the molecule is COCCn1c(=O)n([C@@H]2CCN(CCCc3ccccc3)C2)c2ncccc21. The van der Waals surface area contributed by atoms with Gasteiger partial charge in [0, 0.05) is 26.4 Å². The predicted octanol–water partition coefficient (Wildman–Crippen LogP) is 2.72. The fourth-order valence-corrected chi connectivity index (χ4v) is 4.21. The zero-order valence-electron chi connectivity index (χ0n) is 16.5. The van der Waals surface area contributed by atoms with Crippen LogP contribution in [-0.2, 0) is 17.7 Å². The van der Waals surface area contributed by atoms with Crippen molar-refractivity contribution in [2.24, 2.45) is 0 Å². The Morgan fingerprint density at radius 1 is 1.14 bits per heavy atom. The number of nitrogens with zero attached hydrogens (tertiary/aromatic N) is 4. The maximum Gasteiger partial charge on any atom is 0.330 e. The molecule has 6 heteroatoms. The molecule has 6 nitrogen and oxygen atoms in total. The molecule has 1 aromatic carbocycles. The standard InChI is InChI=1S/C22H28N4O2/c1-28-16-15-25-20-10-5-12-23-21(20)26(22(25)27)19-11-14-24(17-19)13-6-9-18-7-3-2-4-8-18/h2-5,7-8,10,12,19H,6,9,11,13-17H2,1H3/t19-/m1/s1. The van der Waals surface area contributed by atoms with E-state index in [9.17, 15) is 4.79 Å². The number of hydrogen-bond acceptors (Lipinski definition) is 4. The third-order valence-corrected chi connectivity index (χ3v) is 5.64. The number of methoxy groups -OCH3 is 1. The van der Waals surface area contributed by atoms with Gasteiger partial charge in [0.05, 0.1) is 24.7 Å². The van der Waals surface area contributed by atoms with Crippen molar-refractivity contribution in [2.75, 3.05) is 33.4 Å². The van der Waals surface area contributed by atoms with Crippen molar-refractivity contribution in [1.82, 2.24) is 19.0 Å². The summed E-state index contributed by atoms with van der Waals surface area (Å²) in [6.45, 7) is 4.08. The Kier molecular flexibility index (Phi) is 5.88. The second-order valence-corrected chi connectivity index (χ2v) is 7.48. The van der Waals surface area contributed by atoms with Gasteiger partial charge < -0.3 is 9.64 Å². The van der Waals surface area contributed by atoms with Crippen molar-refractivity contribution in [2.45, 2.75) is 31.8 Å². The molecule has 1 atom stereocenters. The lowest BCUT2D eigenvalue weighted by Gasteiger charge is -2.16. The Hall–Kier alpha value is -2.44. The Balaban J connectivity index is 1.46. The Morgan fingerprint density at radius 3 is 2.82 bits per heavy atom. The Bertz CT molecular complexity index is 964. The van der Waals surface area contributed by atoms with Gasteiger partial charge in [-0.3, -0.25) is 9.13 Å². The summed E-state index contributed by atoms with van der Waals surface area (Å²) in [6, 6.07) is 14.7. The van der Waals surface area contributed by atoms with Gasteiger partial charge in [-0.1, -0.05) is 30.3 Å². The van der Waals surface area contributed by atoms with Crippen molar-refractivity contribution in [1.29, 1.82) is 0 Å². The molecule has 1 aliphatic rings. The lowest BCUT2D eigenvalue weighted by Crippen LogP contribution is -2.30. The van der Waals surface area contributed by atoms with Gasteiger partial charge in [0.15, 0.2) is 5.65 Å². The van der Waals surface area contributed by atoms with E-state index in [1.807, 2.05) is 16.7 Å². The topological polar surface area (TPSA) is 52.3 Å². The Labute approximate surface area is 165 Å². The minimum atomic E-state index is 0.0295. The molecule has 0 aliphatic carbocycles. The van der Waals surface area contributed by atoms with Crippen LogP contribution in [0.1, 0.15) is 24.4 Å². The third-order valence-electron chi connectivity index (χ3n) is 5.64. The zero-order chi connectivity index (χ0) is 19.3. The van der Waals surface area contributed by atoms with Gasteiger partial charge in [-0.05, 0) is 43.5 Å². The largest absolute Gasteiger partial charge is 0.383 e. The first-order valence-electron chi connectivity index (χ1n) is 10.1. The van der Waals surface area contributed by atoms with E-state index in [0.717, 1.165) is 50.1 Å². The molecule has 2 aromatic heterocycles. The van der Waals surface area contributed by atoms with Crippen LogP contribution in [0.5, 0.6) is 0 Å². The summed E-state index contributed by atoms with van der Waals surface area (Å²) in [4.78, 5) is 20.1. The molecule has 0 spiro atoms. The minimum Gasteiger partial charge on any atom is -0.383 e. The average Bonchev–Trinajstić information content (AvgIpc) is 3.29. The monoisotopic (exact) mass is 380 g/mol. The molecular weight excluding hydrogens is 352 g/mol. The van der Waals surface area contributed by atoms with Crippen molar-refractivity contribution in [3.8, 4) is 0 Å². The van der Waals surface area contributed by atoms with Gasteiger partial charge in [0.25, 0.3) is 0 Å². The Morgan fingerprint density at radius 2 is 2.00 bits per heavy atom. The second-order valence-electron chi connectivity index (χ2n) is 7.48. The number of pyridine rings is 1. The molecule has 0 bridgehead atoms. The normalized spacial score (nSPS) is 17.5. The third kappa shape index (κ3) is 3.88. The highest BCUT2D eigenvalue weighted by Gasteiger charge is 2.28. The molecule has 0 N–H and O–H groups in total. The van der Waals surface area contributed by atoms with Crippen molar-refractivity contribution in [3.05, 3.63) is 64.7 Å². The highest BCUT2D eigenvalue weighted by Crippen LogP contribution is 2.24. The maximum atomic E-state index is 13.1. The van der Waals surface area contributed by atoms with E-state index in [-0.39, 0.29) is 11.7 Å². The molecular formula is C22H28N4O2. The van der Waals surface area contributed by atoms with E-state index >= 15 is 0 Å². The van der Waals surface area contributed by atoms with Crippen LogP contribution in [0.4, 0.5) is 0 Å². The number of ether oxygens (including phenoxy) is 1. The predicted molar refractivity (Wildman–Crippen MR) is 111 cm³/mol. The van der Waals surface area contributed by atoms with Crippen LogP contribution in [-0.4, -0.2) is 52.4 Å². The summed E-state index contributed by atoms with van der Waals surface area (Å²) in [7, 11) is 1.66. The van der Waals surface area contributed by atoms with Crippen molar-refractivity contribution < 1.29 is 4.74 Å². The number of hydrogen-bond donors (Lipinski definition) is 0. The van der Waals surface area contributed by atoms with Gasteiger partial charge >= 0.3 is 5.69 Å². The number of benzene rings is 1. The first-order valence-corrected chi connectivity index (χ1v) is 10.1. The average molecular weight is 380 g/mol. The zero-order valence-corrected chi connectivity index (χ0v) is 16.5. The van der Waals surface area contributed by atoms with E-state index in [1.54, 1.807) is 17.9 Å². The summed E-state index contributed by atoms with van der Waals surface area (Å²) in [5.41, 5.74) is 3.11. The second kappa shape index (κ2) is 8.71. The van der Waals surface area contributed by atoms with Gasteiger partial charge in [0.1, 0.15) is 0 Å². The lowest BCUT2D eigenvalue weighted by atomic mass is 10.1. The molecule has 4 rings (SSSR count). The van der Waals surface area contributed by atoms with E-state index < -0.39 is 0 Å². The van der Waals surface area contributed by atoms with Crippen LogP contribution in [0.3, 0.4) is 0 Å². The van der Waals surface area contributed by atoms with Crippen LogP contribution in [0.2, 0.25) is 0 Å². The number of rotatable bonds is 8. The minimum absolute atomic E-state index is 0.0295. The maximum absolute atomic E-state index is 13.1. The number of likely N-dealkylation sites (tertiary alicyclic amines) is 1. The summed E-state index contributed by atoms with van der Waals surface area (Å²) in [6.07, 6.45) is 5.00. The molecule has 0 unspecified atom stereocenters. The number of fused-ring (bicyclic) bond motifs is 1. The summed E-state index contributed by atoms with van der Waals surface area (Å²) < 4.78 is 8.89. The van der Waals surface area contributed by atoms with E-state index in [0.29, 0.717) is 13.2 Å². The molecule has 3 aromatic rings. The number of aromatic nitrogens is 3. The van der Waals surface area contributed by atoms with Crippen LogP contribution < -0.4 is 5.69 Å². The number of aryl methyl sites for hydroxylation is 1. The number of imidazole rings is 1. The summed E-state index contributed by atoms with van der Waals surface area (Å²) >= 11 is 0. The quantitative estimate of drug-likeness (QED) is 0.603. The van der Waals surface area contributed by atoms with Crippen LogP contribution in [0.15, 0.2) is 53.5 Å². The first kappa shape index (κ1) is 18.9. The van der Waals surface area contributed by atoms with Gasteiger partial charge in [0.2, 0.25) is 0 Å². The van der Waals surface area contributed by atoms with Crippen molar-refractivity contribution in [3.63, 3.8) is 0 Å². The molecule has 0 saturated carbocycles. The van der Waals surface area contributed by atoms with E-state index in [2.05, 4.69) is 40.2 Å². The highest BCUT2D eigenvalue weighted by molar-refractivity contribution is 5.71. The molecule has 0 amide bonds. The van der Waals surface area contributed by atoms with Gasteiger partial charge in [-0.2, -0.15) is 0 Å².